The van der Waals surface area contributed by atoms with Crippen LogP contribution in [0.4, 0.5) is 0 Å². The van der Waals surface area contributed by atoms with Gasteiger partial charge in [0.05, 0.1) is 6.04 Å². The summed E-state index contributed by atoms with van der Waals surface area (Å²) < 4.78 is 5.19. The van der Waals surface area contributed by atoms with Gasteiger partial charge in [0.15, 0.2) is 5.69 Å². The number of hydrogen-bond donors (Lipinski definition) is 1. The highest BCUT2D eigenvalue weighted by atomic mass is 16.5. The monoisotopic (exact) mass is 277 g/mol. The lowest BCUT2D eigenvalue weighted by Crippen LogP contribution is -2.40. The fourth-order valence-electron chi connectivity index (χ4n) is 2.61. The molecule has 1 aliphatic heterocycles. The molecule has 20 heavy (non-hydrogen) atoms. The zero-order chi connectivity index (χ0) is 14.3. The van der Waals surface area contributed by atoms with Gasteiger partial charge in [0, 0.05) is 32.0 Å². The third kappa shape index (κ3) is 2.55. The number of rotatable bonds is 3. The van der Waals surface area contributed by atoms with Crippen molar-refractivity contribution in [2.75, 3.05) is 13.1 Å². The molecule has 1 saturated carbocycles. The van der Waals surface area contributed by atoms with Crippen LogP contribution in [-0.4, -0.2) is 41.0 Å². The van der Waals surface area contributed by atoms with Gasteiger partial charge in [-0.15, -0.1) is 0 Å². The van der Waals surface area contributed by atoms with Gasteiger partial charge in [0.2, 0.25) is 5.91 Å². The van der Waals surface area contributed by atoms with E-state index in [-0.39, 0.29) is 23.8 Å². The van der Waals surface area contributed by atoms with E-state index in [1.165, 1.54) is 0 Å². The van der Waals surface area contributed by atoms with Gasteiger partial charge in [-0.05, 0) is 18.8 Å². The lowest BCUT2D eigenvalue weighted by atomic mass is 10.1. The van der Waals surface area contributed by atoms with E-state index in [1.54, 1.807) is 17.9 Å². The summed E-state index contributed by atoms with van der Waals surface area (Å²) in [5.74, 6) is 1.33. The molecule has 0 bridgehead atoms. The molecule has 2 amide bonds. The first-order chi connectivity index (χ1) is 9.54. The Morgan fingerprint density at radius 3 is 2.75 bits per heavy atom. The summed E-state index contributed by atoms with van der Waals surface area (Å²) in [4.78, 5) is 25.3. The van der Waals surface area contributed by atoms with Gasteiger partial charge in [-0.25, -0.2) is 0 Å². The van der Waals surface area contributed by atoms with Crippen molar-refractivity contribution >= 4 is 11.8 Å². The molecule has 0 radical (unpaired) electrons. The standard InChI is InChI=1S/C14H19N3O3/c1-8-6-17(9(2)18)7-12(8)15-14(19)11-5-13(20-16-11)10-3-4-10/h5,8,10,12H,3-4,6-7H2,1-2H3,(H,15,19). The van der Waals surface area contributed by atoms with Crippen molar-refractivity contribution < 1.29 is 14.1 Å². The largest absolute Gasteiger partial charge is 0.360 e. The minimum atomic E-state index is -0.220. The van der Waals surface area contributed by atoms with Crippen LogP contribution in [0.2, 0.25) is 0 Å². The van der Waals surface area contributed by atoms with E-state index in [0.717, 1.165) is 18.6 Å². The number of likely N-dealkylation sites (tertiary alicyclic amines) is 1. The summed E-state index contributed by atoms with van der Waals surface area (Å²) in [6, 6.07) is 1.71. The van der Waals surface area contributed by atoms with Crippen molar-refractivity contribution in [3.8, 4) is 0 Å². The number of aromatic nitrogens is 1. The quantitative estimate of drug-likeness (QED) is 0.899. The molecule has 6 nitrogen and oxygen atoms in total. The van der Waals surface area contributed by atoms with Crippen LogP contribution >= 0.6 is 0 Å². The van der Waals surface area contributed by atoms with Crippen molar-refractivity contribution in [1.82, 2.24) is 15.4 Å². The second kappa shape index (κ2) is 4.92. The average molecular weight is 277 g/mol. The minimum Gasteiger partial charge on any atom is -0.360 e. The van der Waals surface area contributed by atoms with Crippen molar-refractivity contribution in [2.45, 2.75) is 38.6 Å². The smallest absolute Gasteiger partial charge is 0.273 e. The van der Waals surface area contributed by atoms with Gasteiger partial charge in [-0.2, -0.15) is 0 Å². The van der Waals surface area contributed by atoms with E-state index in [2.05, 4.69) is 10.5 Å². The molecule has 2 aliphatic rings. The highest BCUT2D eigenvalue weighted by Crippen LogP contribution is 2.40. The van der Waals surface area contributed by atoms with Crippen LogP contribution in [0.1, 0.15) is 48.9 Å². The van der Waals surface area contributed by atoms with E-state index in [9.17, 15) is 9.59 Å². The highest BCUT2D eigenvalue weighted by Gasteiger charge is 2.33. The van der Waals surface area contributed by atoms with Crippen molar-refractivity contribution in [1.29, 1.82) is 0 Å². The number of nitrogens with one attached hydrogen (secondary N) is 1. The lowest BCUT2D eigenvalue weighted by molar-refractivity contribution is -0.127. The number of carbonyl (C=O) groups excluding carboxylic acids is 2. The zero-order valence-electron chi connectivity index (χ0n) is 11.8. The first kappa shape index (κ1) is 13.1. The topological polar surface area (TPSA) is 75.4 Å². The van der Waals surface area contributed by atoms with E-state index in [1.807, 2.05) is 6.92 Å². The molecule has 2 fully saturated rings. The average Bonchev–Trinajstić information content (AvgIpc) is 3.01. The predicted octanol–water partition coefficient (Wildman–Crippen LogP) is 1.15. The first-order valence-corrected chi connectivity index (χ1v) is 7.07. The van der Waals surface area contributed by atoms with Gasteiger partial charge in [-0.1, -0.05) is 12.1 Å². The van der Waals surface area contributed by atoms with Crippen LogP contribution in [0, 0.1) is 5.92 Å². The van der Waals surface area contributed by atoms with Crippen molar-refractivity contribution in [2.24, 2.45) is 5.92 Å². The third-order valence-electron chi connectivity index (χ3n) is 4.11. The van der Waals surface area contributed by atoms with Crippen molar-refractivity contribution in [3.63, 3.8) is 0 Å². The first-order valence-electron chi connectivity index (χ1n) is 7.07. The predicted molar refractivity (Wildman–Crippen MR) is 71.2 cm³/mol. The Labute approximate surface area is 117 Å². The minimum absolute atomic E-state index is 0.0209. The Morgan fingerprint density at radius 1 is 1.40 bits per heavy atom. The molecule has 2 atom stereocenters. The number of amides is 2. The Balaban J connectivity index is 1.61. The Morgan fingerprint density at radius 2 is 2.15 bits per heavy atom. The number of nitrogens with zero attached hydrogens (tertiary/aromatic N) is 2. The molecule has 2 heterocycles. The number of carbonyl (C=O) groups is 2. The van der Waals surface area contributed by atoms with E-state index >= 15 is 0 Å². The molecule has 1 N–H and O–H groups in total. The molecule has 6 heteroatoms. The molecule has 1 aromatic heterocycles. The van der Waals surface area contributed by atoms with E-state index < -0.39 is 0 Å². The van der Waals surface area contributed by atoms with Gasteiger partial charge >= 0.3 is 0 Å². The third-order valence-corrected chi connectivity index (χ3v) is 4.11. The van der Waals surface area contributed by atoms with Crippen LogP contribution in [0.15, 0.2) is 10.6 Å². The molecule has 3 rings (SSSR count). The maximum Gasteiger partial charge on any atom is 0.273 e. The molecular weight excluding hydrogens is 258 g/mol. The van der Waals surface area contributed by atoms with E-state index in [0.29, 0.717) is 24.7 Å². The maximum absolute atomic E-state index is 12.1. The van der Waals surface area contributed by atoms with Gasteiger partial charge in [0.25, 0.3) is 5.91 Å². The molecular formula is C14H19N3O3. The molecule has 2 unspecified atom stereocenters. The molecule has 1 aliphatic carbocycles. The van der Waals surface area contributed by atoms with Crippen LogP contribution in [0.25, 0.3) is 0 Å². The van der Waals surface area contributed by atoms with E-state index in [4.69, 9.17) is 4.52 Å². The molecule has 108 valence electrons. The Hall–Kier alpha value is -1.85. The lowest BCUT2D eigenvalue weighted by Gasteiger charge is -2.15. The van der Waals surface area contributed by atoms with Crippen LogP contribution < -0.4 is 5.32 Å². The summed E-state index contributed by atoms with van der Waals surface area (Å²) >= 11 is 0. The second-order valence-corrected chi connectivity index (χ2v) is 5.87. The van der Waals surface area contributed by atoms with Gasteiger partial charge < -0.3 is 14.7 Å². The summed E-state index contributed by atoms with van der Waals surface area (Å²) in [5.41, 5.74) is 0.334. The van der Waals surface area contributed by atoms with Crippen LogP contribution in [-0.2, 0) is 4.79 Å². The normalized spacial score (nSPS) is 25.8. The Bertz CT molecular complexity index is 536. The molecule has 1 saturated heterocycles. The second-order valence-electron chi connectivity index (χ2n) is 5.87. The summed E-state index contributed by atoms with van der Waals surface area (Å²) in [7, 11) is 0. The maximum atomic E-state index is 12.1. The van der Waals surface area contributed by atoms with Gasteiger partial charge in [-0.3, -0.25) is 9.59 Å². The molecule has 0 spiro atoms. The van der Waals surface area contributed by atoms with Crippen LogP contribution in [0.3, 0.4) is 0 Å². The summed E-state index contributed by atoms with van der Waals surface area (Å²) in [6.07, 6.45) is 2.23. The van der Waals surface area contributed by atoms with Crippen LogP contribution in [0.5, 0.6) is 0 Å². The summed E-state index contributed by atoms with van der Waals surface area (Å²) in [5, 5.41) is 6.78. The zero-order valence-corrected chi connectivity index (χ0v) is 11.8. The highest BCUT2D eigenvalue weighted by molar-refractivity contribution is 5.92. The van der Waals surface area contributed by atoms with Gasteiger partial charge in [0.1, 0.15) is 5.76 Å². The fourth-order valence-corrected chi connectivity index (χ4v) is 2.61. The van der Waals surface area contributed by atoms with Crippen molar-refractivity contribution in [3.05, 3.63) is 17.5 Å². The summed E-state index contributed by atoms with van der Waals surface area (Å²) in [6.45, 7) is 4.84. The Kier molecular flexibility index (Phi) is 3.23. The molecule has 1 aromatic rings. The fraction of sp³-hybridized carbons (Fsp3) is 0.643. The number of hydrogen-bond acceptors (Lipinski definition) is 4. The molecule has 0 aromatic carbocycles. The SMILES string of the molecule is CC(=O)N1CC(C)C(NC(=O)c2cc(C3CC3)on2)C1.